The molecule has 0 saturated carbocycles. The monoisotopic (exact) mass is 419 g/mol. The first-order valence-electron chi connectivity index (χ1n) is 8.47. The lowest BCUT2D eigenvalue weighted by Gasteiger charge is -2.08. The van der Waals surface area contributed by atoms with Gasteiger partial charge in [0.15, 0.2) is 27.3 Å². The van der Waals surface area contributed by atoms with Gasteiger partial charge in [0.25, 0.3) is 5.91 Å². The Morgan fingerprint density at radius 2 is 1.41 bits per heavy atom. The minimum Gasteiger partial charge on any atom is -0.348 e. The van der Waals surface area contributed by atoms with Crippen molar-refractivity contribution in [1.82, 2.24) is 5.32 Å². The quantitative estimate of drug-likeness (QED) is 0.634. The summed E-state index contributed by atoms with van der Waals surface area (Å²) in [6.07, 6.45) is 1.11. The second-order valence-corrected chi connectivity index (χ2v) is 8.45. The van der Waals surface area contributed by atoms with E-state index >= 15 is 0 Å². The van der Waals surface area contributed by atoms with E-state index in [1.165, 1.54) is 36.4 Å². The molecule has 0 aliphatic rings. The summed E-state index contributed by atoms with van der Waals surface area (Å²) in [5, 5.41) is 2.70. The van der Waals surface area contributed by atoms with Crippen LogP contribution < -0.4 is 5.32 Å². The normalized spacial score (nSPS) is 11.3. The van der Waals surface area contributed by atoms with Gasteiger partial charge in [-0.2, -0.15) is 0 Å². The van der Waals surface area contributed by atoms with Gasteiger partial charge in [-0.05, 0) is 53.1 Å². The summed E-state index contributed by atoms with van der Waals surface area (Å²) in [6.45, 7) is 0.193. The number of carbonyl (C=O) groups excluding carboxylic acids is 1. The third-order valence-corrected chi connectivity index (χ3v) is 5.40. The highest BCUT2D eigenvalue weighted by molar-refractivity contribution is 7.90. The maximum atomic E-state index is 13.4. The van der Waals surface area contributed by atoms with Gasteiger partial charge in [-0.25, -0.2) is 21.6 Å². The predicted molar refractivity (Wildman–Crippen MR) is 102 cm³/mol. The summed E-state index contributed by atoms with van der Waals surface area (Å²) in [7, 11) is -3.28. The van der Waals surface area contributed by atoms with Crippen LogP contribution in [0.3, 0.4) is 0 Å². The van der Waals surface area contributed by atoms with Gasteiger partial charge in [0.1, 0.15) is 0 Å². The lowest BCUT2D eigenvalue weighted by molar-refractivity contribution is 0.0951. The fourth-order valence-corrected chi connectivity index (χ4v) is 3.31. The molecule has 0 fully saturated rings. The summed E-state index contributed by atoms with van der Waals surface area (Å²) in [5.41, 5.74) is 1.62. The minimum absolute atomic E-state index is 0.152. The zero-order valence-electron chi connectivity index (χ0n) is 15.2. The van der Waals surface area contributed by atoms with Crippen LogP contribution in [0.2, 0.25) is 0 Å². The zero-order chi connectivity index (χ0) is 21.2. The molecule has 3 aromatic carbocycles. The molecule has 1 N–H and O–H groups in total. The Kier molecular flexibility index (Phi) is 5.74. The van der Waals surface area contributed by atoms with E-state index in [0.717, 1.165) is 24.0 Å². The Labute approximate surface area is 165 Å². The number of benzene rings is 3. The highest BCUT2D eigenvalue weighted by atomic mass is 32.2. The molecule has 29 heavy (non-hydrogen) atoms. The first-order chi connectivity index (χ1) is 13.6. The van der Waals surface area contributed by atoms with Crippen molar-refractivity contribution in [2.75, 3.05) is 6.26 Å². The summed E-state index contributed by atoms with van der Waals surface area (Å²) >= 11 is 0. The molecule has 3 rings (SSSR count). The van der Waals surface area contributed by atoms with Gasteiger partial charge in [0, 0.05) is 18.4 Å². The third kappa shape index (κ3) is 4.83. The van der Waals surface area contributed by atoms with E-state index < -0.39 is 27.3 Å². The van der Waals surface area contributed by atoms with Crippen molar-refractivity contribution in [3.63, 3.8) is 0 Å². The molecule has 0 aromatic heterocycles. The molecule has 0 aliphatic carbocycles. The summed E-state index contributed by atoms with van der Waals surface area (Å²) in [4.78, 5) is 12.5. The van der Waals surface area contributed by atoms with Crippen molar-refractivity contribution in [3.05, 3.63) is 89.2 Å². The molecular weight excluding hydrogens is 403 g/mol. The van der Waals surface area contributed by atoms with Crippen LogP contribution in [0.1, 0.15) is 15.9 Å². The fraction of sp³-hybridized carbons (Fsp3) is 0.0952. The smallest absolute Gasteiger partial charge is 0.251 e. The van der Waals surface area contributed by atoms with E-state index in [2.05, 4.69) is 5.32 Å². The Morgan fingerprint density at radius 1 is 0.862 bits per heavy atom. The maximum absolute atomic E-state index is 13.4. The SMILES string of the molecule is CS(=O)(=O)c1ccc(CNC(=O)c2ccc(-c3cc(F)c(F)c(F)c3)cc2)cc1. The van der Waals surface area contributed by atoms with Crippen molar-refractivity contribution in [2.24, 2.45) is 0 Å². The van der Waals surface area contributed by atoms with E-state index in [4.69, 9.17) is 0 Å². The molecule has 150 valence electrons. The topological polar surface area (TPSA) is 63.2 Å². The Morgan fingerprint density at radius 3 is 1.93 bits per heavy atom. The number of sulfone groups is 1. The fourth-order valence-electron chi connectivity index (χ4n) is 2.68. The molecule has 0 spiro atoms. The molecule has 4 nitrogen and oxygen atoms in total. The van der Waals surface area contributed by atoms with Gasteiger partial charge in [0.05, 0.1) is 4.90 Å². The van der Waals surface area contributed by atoms with E-state index in [1.807, 2.05) is 0 Å². The van der Waals surface area contributed by atoms with Crippen LogP contribution in [0.15, 0.2) is 65.6 Å². The highest BCUT2D eigenvalue weighted by Crippen LogP contribution is 2.24. The second kappa shape index (κ2) is 8.08. The number of rotatable bonds is 5. The molecule has 0 heterocycles. The van der Waals surface area contributed by atoms with E-state index in [0.29, 0.717) is 11.1 Å². The summed E-state index contributed by atoms with van der Waals surface area (Å²) in [5.74, 6) is -4.48. The molecule has 0 bridgehead atoms. The largest absolute Gasteiger partial charge is 0.348 e. The molecule has 0 saturated heterocycles. The number of nitrogens with one attached hydrogen (secondary N) is 1. The van der Waals surface area contributed by atoms with Crippen molar-refractivity contribution in [1.29, 1.82) is 0 Å². The van der Waals surface area contributed by atoms with Gasteiger partial charge in [-0.15, -0.1) is 0 Å². The molecule has 0 unspecified atom stereocenters. The Bertz CT molecular complexity index is 1140. The third-order valence-electron chi connectivity index (χ3n) is 4.27. The molecule has 0 atom stereocenters. The van der Waals surface area contributed by atoms with Crippen LogP contribution in [0.25, 0.3) is 11.1 Å². The van der Waals surface area contributed by atoms with Gasteiger partial charge in [-0.3, -0.25) is 4.79 Å². The van der Waals surface area contributed by atoms with E-state index in [9.17, 15) is 26.4 Å². The van der Waals surface area contributed by atoms with Crippen LogP contribution in [0.4, 0.5) is 13.2 Å². The second-order valence-electron chi connectivity index (χ2n) is 6.43. The van der Waals surface area contributed by atoms with Gasteiger partial charge in [-0.1, -0.05) is 24.3 Å². The number of hydrogen-bond acceptors (Lipinski definition) is 3. The van der Waals surface area contributed by atoms with Gasteiger partial charge < -0.3 is 5.32 Å². The summed E-state index contributed by atoms with van der Waals surface area (Å²) < 4.78 is 62.7. The van der Waals surface area contributed by atoms with Crippen molar-refractivity contribution < 1.29 is 26.4 Å². The lowest BCUT2D eigenvalue weighted by Crippen LogP contribution is -2.22. The van der Waals surface area contributed by atoms with Crippen LogP contribution in [0.5, 0.6) is 0 Å². The Hall–Kier alpha value is -3.13. The number of carbonyl (C=O) groups is 1. The maximum Gasteiger partial charge on any atom is 0.251 e. The number of halogens is 3. The highest BCUT2D eigenvalue weighted by Gasteiger charge is 2.12. The average Bonchev–Trinajstić information content (AvgIpc) is 2.69. The molecule has 8 heteroatoms. The van der Waals surface area contributed by atoms with Crippen LogP contribution in [-0.2, 0) is 16.4 Å². The minimum atomic E-state index is -3.28. The standard InChI is InChI=1S/C21H16F3NO3S/c1-29(27,28)17-8-2-13(3-9-17)12-25-21(26)15-6-4-14(5-7-15)16-10-18(22)20(24)19(23)11-16/h2-11H,12H2,1H3,(H,25,26). The predicted octanol–water partition coefficient (Wildman–Crippen LogP) is 4.10. The zero-order valence-corrected chi connectivity index (χ0v) is 16.1. The van der Waals surface area contributed by atoms with Crippen LogP contribution in [-0.4, -0.2) is 20.6 Å². The molecular formula is C21H16F3NO3S. The van der Waals surface area contributed by atoms with Gasteiger partial charge in [0.2, 0.25) is 0 Å². The van der Waals surface area contributed by atoms with Crippen molar-refractivity contribution >= 4 is 15.7 Å². The summed E-state index contributed by atoms with van der Waals surface area (Å²) in [6, 6.07) is 13.9. The average molecular weight is 419 g/mol. The first kappa shape index (κ1) is 20.6. The molecule has 3 aromatic rings. The number of hydrogen-bond donors (Lipinski definition) is 1. The van der Waals surface area contributed by atoms with Crippen LogP contribution in [0, 0.1) is 17.5 Å². The Balaban J connectivity index is 1.68. The lowest BCUT2D eigenvalue weighted by atomic mass is 10.0. The van der Waals surface area contributed by atoms with Crippen molar-refractivity contribution in [2.45, 2.75) is 11.4 Å². The van der Waals surface area contributed by atoms with Crippen LogP contribution >= 0.6 is 0 Å². The molecule has 0 aliphatic heterocycles. The number of amides is 1. The molecule has 0 radical (unpaired) electrons. The van der Waals surface area contributed by atoms with E-state index in [-0.39, 0.29) is 22.9 Å². The first-order valence-corrected chi connectivity index (χ1v) is 10.4. The van der Waals surface area contributed by atoms with Gasteiger partial charge >= 0.3 is 0 Å². The molecule has 1 amide bonds. The van der Waals surface area contributed by atoms with E-state index in [1.54, 1.807) is 12.1 Å². The van der Waals surface area contributed by atoms with Crippen molar-refractivity contribution in [3.8, 4) is 11.1 Å².